The number of aryl methyl sites for hydroxylation is 1. The molecule has 0 bridgehead atoms. The van der Waals surface area contributed by atoms with Crippen LogP contribution >= 0.6 is 24.0 Å². The smallest absolute Gasteiger partial charge is 0.132 e. The van der Waals surface area contributed by atoms with Gasteiger partial charge >= 0.3 is 0 Å². The van der Waals surface area contributed by atoms with E-state index in [-0.39, 0.29) is 0 Å². The zero-order valence-electron chi connectivity index (χ0n) is 10.6. The summed E-state index contributed by atoms with van der Waals surface area (Å²) >= 11 is 7.29. The number of H-pyrrole nitrogens is 1. The lowest BCUT2D eigenvalue weighted by Crippen LogP contribution is -2.09. The van der Waals surface area contributed by atoms with Crippen LogP contribution in [-0.4, -0.2) is 15.2 Å². The van der Waals surface area contributed by atoms with Gasteiger partial charge in [-0.15, -0.1) is 0 Å². The molecule has 0 aromatic carbocycles. The summed E-state index contributed by atoms with van der Waals surface area (Å²) in [5, 5.41) is 0.828. The Morgan fingerprint density at radius 2 is 2.00 bits per heavy atom. The van der Waals surface area contributed by atoms with E-state index in [9.17, 15) is 0 Å². The first kappa shape index (κ1) is 13.1. The standard InChI is InChI=1S/C13H20N2S2/c1-9-10(2)14-12(15-13(9)16)8-17-11-6-4-3-5-7-11/h11H,3-8H2,1-2H3,(H,14,15,16). The van der Waals surface area contributed by atoms with Gasteiger partial charge in [0.15, 0.2) is 0 Å². The highest BCUT2D eigenvalue weighted by molar-refractivity contribution is 7.99. The Kier molecular flexibility index (Phi) is 4.62. The van der Waals surface area contributed by atoms with Gasteiger partial charge in [-0.05, 0) is 26.7 Å². The second-order valence-electron chi connectivity index (χ2n) is 4.81. The van der Waals surface area contributed by atoms with E-state index in [1.807, 2.05) is 18.7 Å². The normalized spacial score (nSPS) is 17.3. The molecule has 1 aromatic rings. The fourth-order valence-corrected chi connectivity index (χ4v) is 3.66. The molecule has 4 heteroatoms. The molecule has 0 amide bonds. The number of aromatic nitrogens is 2. The van der Waals surface area contributed by atoms with Gasteiger partial charge in [-0.1, -0.05) is 31.5 Å². The summed E-state index contributed by atoms with van der Waals surface area (Å²) in [6.07, 6.45) is 6.95. The van der Waals surface area contributed by atoms with Crippen molar-refractivity contribution in [2.75, 3.05) is 0 Å². The van der Waals surface area contributed by atoms with Gasteiger partial charge in [0.25, 0.3) is 0 Å². The molecule has 1 saturated carbocycles. The Morgan fingerprint density at radius 1 is 1.29 bits per heavy atom. The first-order chi connectivity index (χ1) is 8.16. The highest BCUT2D eigenvalue weighted by atomic mass is 32.2. The zero-order valence-corrected chi connectivity index (χ0v) is 12.2. The molecule has 1 fully saturated rings. The van der Waals surface area contributed by atoms with E-state index in [0.717, 1.165) is 32.7 Å². The van der Waals surface area contributed by atoms with Gasteiger partial charge in [0.05, 0.1) is 5.75 Å². The zero-order chi connectivity index (χ0) is 12.3. The maximum absolute atomic E-state index is 5.26. The molecule has 0 radical (unpaired) electrons. The third kappa shape index (κ3) is 3.55. The van der Waals surface area contributed by atoms with Crippen LogP contribution in [0.25, 0.3) is 0 Å². The fourth-order valence-electron chi connectivity index (χ4n) is 2.20. The summed E-state index contributed by atoms with van der Waals surface area (Å²) in [5.41, 5.74) is 2.26. The van der Waals surface area contributed by atoms with E-state index in [4.69, 9.17) is 12.2 Å². The van der Waals surface area contributed by atoms with Gasteiger partial charge < -0.3 is 4.98 Å². The van der Waals surface area contributed by atoms with E-state index in [1.165, 1.54) is 32.1 Å². The second-order valence-corrected chi connectivity index (χ2v) is 6.49. The summed E-state index contributed by atoms with van der Waals surface area (Å²) in [5.74, 6) is 2.00. The molecule has 1 N–H and O–H groups in total. The number of thioether (sulfide) groups is 1. The van der Waals surface area contributed by atoms with Crippen LogP contribution in [0.5, 0.6) is 0 Å². The van der Waals surface area contributed by atoms with E-state index in [2.05, 4.69) is 16.9 Å². The lowest BCUT2D eigenvalue weighted by molar-refractivity contribution is 0.516. The minimum Gasteiger partial charge on any atom is -0.346 e. The average molecular weight is 268 g/mol. The minimum absolute atomic E-state index is 0.750. The lowest BCUT2D eigenvalue weighted by Gasteiger charge is -2.20. The number of nitrogens with zero attached hydrogens (tertiary/aromatic N) is 1. The summed E-state index contributed by atoms with van der Waals surface area (Å²) in [6.45, 7) is 4.10. The molecule has 0 spiro atoms. The van der Waals surface area contributed by atoms with Gasteiger partial charge in [0, 0.05) is 16.5 Å². The van der Waals surface area contributed by atoms with Crippen molar-refractivity contribution in [1.29, 1.82) is 0 Å². The van der Waals surface area contributed by atoms with Crippen LogP contribution in [0.15, 0.2) is 0 Å². The summed E-state index contributed by atoms with van der Waals surface area (Å²) in [7, 11) is 0. The van der Waals surface area contributed by atoms with Gasteiger partial charge in [0.2, 0.25) is 0 Å². The molecule has 2 nitrogen and oxygen atoms in total. The number of rotatable bonds is 3. The third-order valence-corrected chi connectivity index (χ3v) is 5.24. The van der Waals surface area contributed by atoms with Crippen molar-refractivity contribution in [3.05, 3.63) is 21.7 Å². The van der Waals surface area contributed by atoms with Crippen molar-refractivity contribution < 1.29 is 0 Å². The number of hydrogen-bond donors (Lipinski definition) is 1. The monoisotopic (exact) mass is 268 g/mol. The molecular formula is C13H20N2S2. The molecule has 1 aromatic heterocycles. The SMILES string of the molecule is Cc1[nH]c(CSC2CCCCC2)nc(=S)c1C. The Balaban J connectivity index is 1.96. The maximum atomic E-state index is 5.26. The van der Waals surface area contributed by atoms with Crippen LogP contribution in [-0.2, 0) is 5.75 Å². The molecule has 1 heterocycles. The Morgan fingerprint density at radius 3 is 2.65 bits per heavy atom. The van der Waals surface area contributed by atoms with Gasteiger partial charge in [-0.2, -0.15) is 11.8 Å². The first-order valence-corrected chi connectivity index (χ1v) is 7.80. The Bertz CT molecular complexity index is 434. The van der Waals surface area contributed by atoms with Crippen LogP contribution in [0.3, 0.4) is 0 Å². The van der Waals surface area contributed by atoms with Crippen molar-refractivity contribution in [2.45, 2.75) is 57.0 Å². The summed E-state index contributed by atoms with van der Waals surface area (Å²) in [6, 6.07) is 0. The van der Waals surface area contributed by atoms with Crippen molar-refractivity contribution in [1.82, 2.24) is 9.97 Å². The lowest BCUT2D eigenvalue weighted by atomic mass is 10.0. The van der Waals surface area contributed by atoms with E-state index >= 15 is 0 Å². The van der Waals surface area contributed by atoms with E-state index in [1.54, 1.807) is 0 Å². The van der Waals surface area contributed by atoms with E-state index in [0.29, 0.717) is 0 Å². The summed E-state index contributed by atoms with van der Waals surface area (Å²) < 4.78 is 0.750. The first-order valence-electron chi connectivity index (χ1n) is 6.35. The molecule has 0 atom stereocenters. The van der Waals surface area contributed by atoms with Gasteiger partial charge in [-0.25, -0.2) is 4.98 Å². The minimum atomic E-state index is 0.750. The van der Waals surface area contributed by atoms with Crippen LogP contribution in [0, 0.1) is 18.5 Å². The third-order valence-electron chi connectivity index (χ3n) is 3.46. The van der Waals surface area contributed by atoms with Gasteiger partial charge in [0.1, 0.15) is 10.5 Å². The molecule has 0 saturated heterocycles. The van der Waals surface area contributed by atoms with E-state index < -0.39 is 0 Å². The largest absolute Gasteiger partial charge is 0.346 e. The molecule has 17 heavy (non-hydrogen) atoms. The van der Waals surface area contributed by atoms with Crippen LogP contribution < -0.4 is 0 Å². The number of nitrogens with one attached hydrogen (secondary N) is 1. The summed E-state index contributed by atoms with van der Waals surface area (Å²) in [4.78, 5) is 7.81. The molecular weight excluding hydrogens is 248 g/mol. The highest BCUT2D eigenvalue weighted by Crippen LogP contribution is 2.29. The highest BCUT2D eigenvalue weighted by Gasteiger charge is 2.14. The Hall–Kier alpha value is -0.350. The Labute approximate surface area is 113 Å². The topological polar surface area (TPSA) is 28.7 Å². The van der Waals surface area contributed by atoms with Crippen LogP contribution in [0.2, 0.25) is 0 Å². The van der Waals surface area contributed by atoms with Crippen molar-refractivity contribution in [2.24, 2.45) is 0 Å². The quantitative estimate of drug-likeness (QED) is 0.828. The predicted octanol–water partition coefficient (Wildman–Crippen LogP) is 4.32. The average Bonchev–Trinajstić information content (AvgIpc) is 2.34. The molecule has 0 unspecified atom stereocenters. The fraction of sp³-hybridized carbons (Fsp3) is 0.692. The molecule has 1 aliphatic rings. The van der Waals surface area contributed by atoms with Crippen molar-refractivity contribution >= 4 is 24.0 Å². The van der Waals surface area contributed by atoms with Crippen molar-refractivity contribution in [3.63, 3.8) is 0 Å². The molecule has 2 rings (SSSR count). The number of hydrogen-bond acceptors (Lipinski definition) is 3. The van der Waals surface area contributed by atoms with Crippen LogP contribution in [0.1, 0.15) is 49.2 Å². The molecule has 0 aliphatic heterocycles. The number of aromatic amines is 1. The van der Waals surface area contributed by atoms with Crippen molar-refractivity contribution in [3.8, 4) is 0 Å². The molecule has 94 valence electrons. The maximum Gasteiger partial charge on any atom is 0.132 e. The van der Waals surface area contributed by atoms with Gasteiger partial charge in [-0.3, -0.25) is 0 Å². The second kappa shape index (κ2) is 6.01. The van der Waals surface area contributed by atoms with Crippen LogP contribution in [0.4, 0.5) is 0 Å². The predicted molar refractivity (Wildman–Crippen MR) is 77.1 cm³/mol. The molecule has 1 aliphatic carbocycles.